The number of hydrogen-bond acceptors (Lipinski definition) is 8. The van der Waals surface area contributed by atoms with Gasteiger partial charge in [0.2, 0.25) is 0 Å². The first-order valence-corrected chi connectivity index (χ1v) is 13.4. The van der Waals surface area contributed by atoms with Crippen molar-refractivity contribution in [1.82, 2.24) is 9.80 Å². The predicted molar refractivity (Wildman–Crippen MR) is 141 cm³/mol. The Kier molecular flexibility index (Phi) is 7.56. The van der Waals surface area contributed by atoms with Gasteiger partial charge in [0.25, 0.3) is 5.91 Å². The van der Waals surface area contributed by atoms with Gasteiger partial charge in [0.05, 0.1) is 11.8 Å². The third-order valence-corrected chi connectivity index (χ3v) is 7.31. The smallest absolute Gasteiger partial charge is 0.422 e. The maximum absolute atomic E-state index is 13.2. The van der Waals surface area contributed by atoms with E-state index in [2.05, 4.69) is 21.9 Å². The van der Waals surface area contributed by atoms with Crippen LogP contribution >= 0.6 is 0 Å². The van der Waals surface area contributed by atoms with Gasteiger partial charge in [-0.1, -0.05) is 24.3 Å². The summed E-state index contributed by atoms with van der Waals surface area (Å²) >= 11 is 0. The van der Waals surface area contributed by atoms with Gasteiger partial charge in [-0.25, -0.2) is 9.59 Å². The quantitative estimate of drug-likeness (QED) is 0.406. The average Bonchev–Trinajstić information content (AvgIpc) is 3.20. The fraction of sp³-hybridized carbons (Fsp3) is 0.483. The maximum Gasteiger partial charge on any atom is 0.422 e. The van der Waals surface area contributed by atoms with Crippen molar-refractivity contribution in [3.63, 3.8) is 0 Å². The minimum absolute atomic E-state index is 0.137. The van der Waals surface area contributed by atoms with E-state index in [1.54, 1.807) is 12.1 Å². The number of likely N-dealkylation sites (tertiary alicyclic amines) is 1. The third kappa shape index (κ3) is 5.48. The molecule has 3 aliphatic heterocycles. The summed E-state index contributed by atoms with van der Waals surface area (Å²) < 4.78 is 16.5. The van der Waals surface area contributed by atoms with Crippen molar-refractivity contribution in [3.05, 3.63) is 59.7 Å². The fourth-order valence-corrected chi connectivity index (χ4v) is 5.33. The number of para-hydroxylation sites is 2. The summed E-state index contributed by atoms with van der Waals surface area (Å²) in [6.45, 7) is 9.22. The Morgan fingerprint density at radius 1 is 0.921 bits per heavy atom. The number of carbonyl (C=O) groups excluding carboxylic acids is 3. The summed E-state index contributed by atoms with van der Waals surface area (Å²) in [4.78, 5) is 42.9. The van der Waals surface area contributed by atoms with Crippen molar-refractivity contribution >= 4 is 23.5 Å². The van der Waals surface area contributed by atoms with Crippen LogP contribution in [0.5, 0.6) is 5.75 Å². The second-order valence-corrected chi connectivity index (χ2v) is 10.3. The Morgan fingerprint density at radius 3 is 2.29 bits per heavy atom. The summed E-state index contributed by atoms with van der Waals surface area (Å²) in [5, 5.41) is 0. The van der Waals surface area contributed by atoms with Gasteiger partial charge in [-0.2, -0.15) is 0 Å². The van der Waals surface area contributed by atoms with E-state index in [4.69, 9.17) is 14.2 Å². The van der Waals surface area contributed by atoms with Gasteiger partial charge in [0.1, 0.15) is 5.75 Å². The first-order valence-electron chi connectivity index (χ1n) is 13.4. The molecule has 2 aromatic carbocycles. The van der Waals surface area contributed by atoms with Crippen molar-refractivity contribution in [2.75, 3.05) is 44.2 Å². The molecule has 1 spiro atoms. The molecule has 202 valence electrons. The van der Waals surface area contributed by atoms with Crippen molar-refractivity contribution < 1.29 is 28.6 Å². The number of piperidine rings is 1. The molecule has 2 aromatic rings. The highest BCUT2D eigenvalue weighted by atomic mass is 16.8. The average molecular weight is 522 g/mol. The number of carbonyl (C=O) groups is 3. The van der Waals surface area contributed by atoms with E-state index in [0.717, 1.165) is 62.6 Å². The van der Waals surface area contributed by atoms with E-state index in [1.165, 1.54) is 4.90 Å². The molecule has 0 unspecified atom stereocenters. The largest absolute Gasteiger partial charge is 0.489 e. The number of amides is 1. The predicted octanol–water partition coefficient (Wildman–Crippen LogP) is 3.22. The fourth-order valence-electron chi connectivity index (χ4n) is 5.33. The van der Waals surface area contributed by atoms with Gasteiger partial charge < -0.3 is 19.1 Å². The Hall–Kier alpha value is -3.59. The van der Waals surface area contributed by atoms with Crippen LogP contribution in [0.15, 0.2) is 48.5 Å². The van der Waals surface area contributed by atoms with Crippen LogP contribution in [0, 0.1) is 0 Å². The molecule has 0 radical (unpaired) electrons. The highest BCUT2D eigenvalue weighted by molar-refractivity contribution is 6.31. The molecule has 0 N–H and O–H groups in total. The number of esters is 2. The van der Waals surface area contributed by atoms with Gasteiger partial charge in [0.15, 0.2) is 0 Å². The van der Waals surface area contributed by atoms with Crippen LogP contribution in [-0.2, 0) is 25.5 Å². The summed E-state index contributed by atoms with van der Waals surface area (Å²) in [7, 11) is 0. The summed E-state index contributed by atoms with van der Waals surface area (Å²) in [5.41, 5.74) is 2.77. The second kappa shape index (κ2) is 11.0. The molecular weight excluding hydrogens is 486 g/mol. The van der Waals surface area contributed by atoms with E-state index in [0.29, 0.717) is 18.5 Å². The first-order chi connectivity index (χ1) is 18.3. The number of benzene rings is 2. The standard InChI is InChI=1S/C29H35N3O6/c1-21(2)36-25-8-4-3-7-24(25)31-19-17-30(18-20-31)16-13-22-9-11-23(12-10-22)26(33)32-15-6-5-14-29(32)37-27(34)28(35)38-29/h3-4,7-12,21H,5-6,13-20H2,1-2H3. The highest BCUT2D eigenvalue weighted by Crippen LogP contribution is 2.36. The molecule has 3 saturated heterocycles. The number of anilines is 1. The van der Waals surface area contributed by atoms with Crippen LogP contribution in [0.25, 0.3) is 0 Å². The summed E-state index contributed by atoms with van der Waals surface area (Å²) in [6, 6.07) is 15.7. The molecule has 38 heavy (non-hydrogen) atoms. The molecule has 9 nitrogen and oxygen atoms in total. The number of ether oxygens (including phenoxy) is 3. The SMILES string of the molecule is CC(C)Oc1ccccc1N1CCN(CCc2ccc(C(=O)N3CCCCC34OC(=O)C(=O)O4)cc2)CC1. The Bertz CT molecular complexity index is 1160. The van der Waals surface area contributed by atoms with E-state index in [9.17, 15) is 14.4 Å². The Morgan fingerprint density at radius 2 is 1.61 bits per heavy atom. The molecule has 0 saturated carbocycles. The van der Waals surface area contributed by atoms with Crippen LogP contribution in [0.2, 0.25) is 0 Å². The van der Waals surface area contributed by atoms with Crippen LogP contribution < -0.4 is 9.64 Å². The molecule has 0 aromatic heterocycles. The zero-order valence-corrected chi connectivity index (χ0v) is 22.1. The number of hydrogen-bond donors (Lipinski definition) is 0. The van der Waals surface area contributed by atoms with Crippen molar-refractivity contribution in [2.24, 2.45) is 0 Å². The molecular formula is C29H35N3O6. The number of piperazine rings is 1. The van der Waals surface area contributed by atoms with E-state index >= 15 is 0 Å². The van der Waals surface area contributed by atoms with E-state index in [-0.39, 0.29) is 18.4 Å². The molecule has 0 aliphatic carbocycles. The van der Waals surface area contributed by atoms with Crippen molar-refractivity contribution in [2.45, 2.75) is 51.5 Å². The minimum Gasteiger partial charge on any atom is -0.489 e. The molecule has 9 heteroatoms. The molecule has 3 heterocycles. The van der Waals surface area contributed by atoms with Crippen LogP contribution in [-0.4, -0.2) is 78.9 Å². The normalized spacial score (nSPS) is 19.6. The highest BCUT2D eigenvalue weighted by Gasteiger charge is 2.55. The minimum atomic E-state index is -1.61. The molecule has 3 aliphatic rings. The second-order valence-electron chi connectivity index (χ2n) is 10.3. The molecule has 3 fully saturated rings. The lowest BCUT2D eigenvalue weighted by molar-refractivity contribution is -0.247. The van der Waals surface area contributed by atoms with Crippen molar-refractivity contribution in [3.8, 4) is 5.75 Å². The number of rotatable bonds is 7. The summed E-state index contributed by atoms with van der Waals surface area (Å²) in [5.74, 6) is -3.07. The zero-order valence-electron chi connectivity index (χ0n) is 22.1. The number of nitrogens with zero attached hydrogens (tertiary/aromatic N) is 3. The topological polar surface area (TPSA) is 88.6 Å². The lowest BCUT2D eigenvalue weighted by atomic mass is 10.0. The van der Waals surface area contributed by atoms with Crippen LogP contribution in [0.3, 0.4) is 0 Å². The third-order valence-electron chi connectivity index (χ3n) is 7.31. The Labute approximate surface area is 223 Å². The summed E-state index contributed by atoms with van der Waals surface area (Å²) in [6.07, 6.45) is 2.76. The zero-order chi connectivity index (χ0) is 26.7. The molecule has 5 rings (SSSR count). The van der Waals surface area contributed by atoms with Gasteiger partial charge in [0, 0.05) is 51.3 Å². The Balaban J connectivity index is 1.14. The lowest BCUT2D eigenvalue weighted by Gasteiger charge is -2.40. The van der Waals surface area contributed by atoms with Gasteiger partial charge in [-0.15, -0.1) is 0 Å². The first kappa shape index (κ1) is 26.0. The van der Waals surface area contributed by atoms with Crippen LogP contribution in [0.1, 0.15) is 49.0 Å². The lowest BCUT2D eigenvalue weighted by Crippen LogP contribution is -2.55. The monoisotopic (exact) mass is 521 g/mol. The van der Waals surface area contributed by atoms with Crippen LogP contribution in [0.4, 0.5) is 5.69 Å². The molecule has 0 bridgehead atoms. The molecule has 1 amide bonds. The maximum atomic E-state index is 13.2. The molecule has 0 atom stereocenters. The van der Waals surface area contributed by atoms with Gasteiger partial charge in [-0.3, -0.25) is 14.6 Å². The van der Waals surface area contributed by atoms with E-state index in [1.807, 2.05) is 38.1 Å². The van der Waals surface area contributed by atoms with Gasteiger partial charge in [-0.05, 0) is 62.9 Å². The van der Waals surface area contributed by atoms with Crippen molar-refractivity contribution in [1.29, 1.82) is 0 Å². The van der Waals surface area contributed by atoms with Gasteiger partial charge >= 0.3 is 17.8 Å². The van der Waals surface area contributed by atoms with E-state index < -0.39 is 17.8 Å².